The van der Waals surface area contributed by atoms with E-state index >= 15 is 0 Å². The fraction of sp³-hybridized carbons (Fsp3) is 0.529. The van der Waals surface area contributed by atoms with Crippen molar-refractivity contribution in [3.63, 3.8) is 0 Å². The molecular formula is C17H22ClNO4. The lowest BCUT2D eigenvalue weighted by Gasteiger charge is -2.37. The van der Waals surface area contributed by atoms with Gasteiger partial charge in [-0.15, -0.1) is 11.6 Å². The van der Waals surface area contributed by atoms with Gasteiger partial charge in [0.05, 0.1) is 7.11 Å². The smallest absolute Gasteiger partial charge is 0.329 e. The first-order valence-electron chi connectivity index (χ1n) is 7.72. The number of benzene rings is 1. The van der Waals surface area contributed by atoms with E-state index in [9.17, 15) is 14.7 Å². The molecule has 1 amide bonds. The number of carboxylic acids is 1. The molecule has 1 aliphatic carbocycles. The maximum atomic E-state index is 12.5. The number of aliphatic carboxylic acids is 1. The van der Waals surface area contributed by atoms with Crippen molar-refractivity contribution in [2.75, 3.05) is 7.11 Å². The summed E-state index contributed by atoms with van der Waals surface area (Å²) in [4.78, 5) is 24.2. The Hall–Kier alpha value is -1.75. The Morgan fingerprint density at radius 2 is 1.96 bits per heavy atom. The Bertz CT molecular complexity index is 582. The summed E-state index contributed by atoms with van der Waals surface area (Å²) < 4.78 is 5.21. The predicted octanol–water partition coefficient (Wildman–Crippen LogP) is 3.12. The first kappa shape index (κ1) is 17.6. The highest BCUT2D eigenvalue weighted by molar-refractivity contribution is 6.31. The normalized spacial score (nSPS) is 25.4. The summed E-state index contributed by atoms with van der Waals surface area (Å²) in [6.07, 6.45) is 2.39. The van der Waals surface area contributed by atoms with Crippen molar-refractivity contribution in [1.29, 1.82) is 0 Å². The first-order valence-corrected chi connectivity index (χ1v) is 8.15. The van der Waals surface area contributed by atoms with Crippen LogP contribution < -0.4 is 10.1 Å². The second-order valence-corrected chi connectivity index (χ2v) is 6.60. The molecule has 126 valence electrons. The number of methoxy groups -OCH3 is 1. The molecule has 0 spiro atoms. The fourth-order valence-electron chi connectivity index (χ4n) is 2.96. The number of carbonyl (C=O) groups excluding carboxylic acids is 1. The lowest BCUT2D eigenvalue weighted by atomic mass is 9.77. The molecule has 1 fully saturated rings. The van der Waals surface area contributed by atoms with Crippen molar-refractivity contribution in [2.24, 2.45) is 5.92 Å². The van der Waals surface area contributed by atoms with Crippen LogP contribution in [0.5, 0.6) is 5.75 Å². The van der Waals surface area contributed by atoms with Gasteiger partial charge in [-0.3, -0.25) is 4.79 Å². The fourth-order valence-corrected chi connectivity index (χ4v) is 3.20. The maximum Gasteiger partial charge on any atom is 0.329 e. The molecule has 0 aromatic heterocycles. The van der Waals surface area contributed by atoms with Crippen molar-refractivity contribution in [1.82, 2.24) is 5.32 Å². The molecule has 6 heteroatoms. The molecule has 1 aliphatic rings. The predicted molar refractivity (Wildman–Crippen MR) is 87.7 cm³/mol. The van der Waals surface area contributed by atoms with Gasteiger partial charge in [-0.1, -0.05) is 25.1 Å². The number of halogens is 1. The molecule has 0 radical (unpaired) electrons. The monoisotopic (exact) mass is 339 g/mol. The number of hydrogen-bond acceptors (Lipinski definition) is 3. The molecule has 2 rings (SSSR count). The van der Waals surface area contributed by atoms with Crippen molar-refractivity contribution in [2.45, 2.75) is 43.5 Å². The molecule has 1 aromatic carbocycles. The molecular weight excluding hydrogens is 318 g/mol. The summed E-state index contributed by atoms with van der Waals surface area (Å²) >= 11 is 6.27. The number of hydrogen-bond donors (Lipinski definition) is 2. The minimum absolute atomic E-state index is 0.421. The van der Waals surface area contributed by atoms with Crippen LogP contribution in [0.3, 0.4) is 0 Å². The minimum atomic E-state index is -1.22. The molecule has 0 heterocycles. The zero-order valence-electron chi connectivity index (χ0n) is 13.3. The van der Waals surface area contributed by atoms with Crippen LogP contribution in [0.15, 0.2) is 24.3 Å². The van der Waals surface area contributed by atoms with E-state index in [-0.39, 0.29) is 0 Å². The number of rotatable bonds is 5. The largest absolute Gasteiger partial charge is 0.496 e. The van der Waals surface area contributed by atoms with Crippen LogP contribution in [0, 0.1) is 5.92 Å². The van der Waals surface area contributed by atoms with E-state index in [0.717, 1.165) is 12.8 Å². The van der Waals surface area contributed by atoms with Gasteiger partial charge < -0.3 is 15.2 Å². The number of ether oxygens (including phenoxy) is 1. The van der Waals surface area contributed by atoms with E-state index in [1.807, 2.05) is 0 Å². The van der Waals surface area contributed by atoms with Gasteiger partial charge in [0.1, 0.15) is 16.7 Å². The van der Waals surface area contributed by atoms with Gasteiger partial charge in [0, 0.05) is 5.56 Å². The van der Waals surface area contributed by atoms with E-state index in [0.29, 0.717) is 30.1 Å². The second-order valence-electron chi connectivity index (χ2n) is 6.16. The third kappa shape index (κ3) is 3.78. The molecule has 23 heavy (non-hydrogen) atoms. The Morgan fingerprint density at radius 3 is 2.52 bits per heavy atom. The van der Waals surface area contributed by atoms with E-state index < -0.39 is 22.8 Å². The van der Waals surface area contributed by atoms with Gasteiger partial charge in [0.15, 0.2) is 0 Å². The van der Waals surface area contributed by atoms with Gasteiger partial charge in [-0.25, -0.2) is 4.79 Å². The molecule has 5 nitrogen and oxygen atoms in total. The summed E-state index contributed by atoms with van der Waals surface area (Å²) in [5, 5.41) is 11.3. The number of carbonyl (C=O) groups is 2. The molecule has 2 N–H and O–H groups in total. The minimum Gasteiger partial charge on any atom is -0.496 e. The summed E-state index contributed by atoms with van der Waals surface area (Å²) in [6, 6.07) is 6.96. The average Bonchev–Trinajstić information content (AvgIpc) is 2.56. The van der Waals surface area contributed by atoms with Gasteiger partial charge in [-0.2, -0.15) is 0 Å². The third-order valence-electron chi connectivity index (χ3n) is 4.54. The molecule has 1 saturated carbocycles. The zero-order valence-corrected chi connectivity index (χ0v) is 14.1. The van der Waals surface area contributed by atoms with E-state index in [4.69, 9.17) is 16.3 Å². The highest BCUT2D eigenvalue weighted by Gasteiger charge is 2.43. The third-order valence-corrected chi connectivity index (χ3v) is 4.98. The number of carboxylic acid groups (broad SMARTS) is 1. The Balaban J connectivity index is 2.17. The van der Waals surface area contributed by atoms with Crippen molar-refractivity contribution in [3.8, 4) is 5.75 Å². The molecule has 1 aromatic rings. The van der Waals surface area contributed by atoms with Crippen molar-refractivity contribution in [3.05, 3.63) is 29.8 Å². The van der Waals surface area contributed by atoms with Crippen molar-refractivity contribution < 1.29 is 19.4 Å². The van der Waals surface area contributed by atoms with Crippen LogP contribution in [-0.4, -0.2) is 29.6 Å². The maximum absolute atomic E-state index is 12.5. The second kappa shape index (κ2) is 7.21. The Morgan fingerprint density at radius 1 is 1.35 bits per heavy atom. The van der Waals surface area contributed by atoms with E-state index in [1.54, 1.807) is 24.3 Å². The Kier molecular flexibility index (Phi) is 5.52. The van der Waals surface area contributed by atoms with Gasteiger partial charge in [0.2, 0.25) is 5.91 Å². The molecule has 1 atom stereocenters. The number of amides is 1. The van der Waals surface area contributed by atoms with Gasteiger partial charge >= 0.3 is 5.97 Å². The summed E-state index contributed by atoms with van der Waals surface area (Å²) in [5.41, 5.74) is -0.697. The van der Waals surface area contributed by atoms with Crippen molar-refractivity contribution >= 4 is 23.5 Å². The van der Waals surface area contributed by atoms with E-state index in [2.05, 4.69) is 12.2 Å². The van der Waals surface area contributed by atoms with Gasteiger partial charge in [0.25, 0.3) is 0 Å². The SMILES string of the molecule is COc1ccccc1C(Cl)C(=O)NC1(C(=O)O)CCC(C)CC1. The summed E-state index contributed by atoms with van der Waals surface area (Å²) in [5.74, 6) is -0.528. The molecule has 0 bridgehead atoms. The number of nitrogens with one attached hydrogen (secondary N) is 1. The molecule has 0 saturated heterocycles. The van der Waals surface area contributed by atoms with Crippen LogP contribution in [0.1, 0.15) is 43.5 Å². The van der Waals surface area contributed by atoms with Crippen LogP contribution in [0.2, 0.25) is 0 Å². The number of alkyl halides is 1. The lowest BCUT2D eigenvalue weighted by Crippen LogP contribution is -2.56. The lowest BCUT2D eigenvalue weighted by molar-refractivity contribution is -0.149. The average molecular weight is 340 g/mol. The molecule has 0 aliphatic heterocycles. The molecule has 1 unspecified atom stereocenters. The quantitative estimate of drug-likeness (QED) is 0.808. The Labute approximate surface area is 141 Å². The highest BCUT2D eigenvalue weighted by atomic mass is 35.5. The number of para-hydroxylation sites is 1. The zero-order chi connectivity index (χ0) is 17.0. The van der Waals surface area contributed by atoms with Crippen LogP contribution in [-0.2, 0) is 9.59 Å². The standard InChI is InChI=1S/C17H22ClNO4/c1-11-7-9-17(10-8-11,16(21)22)19-15(20)14(18)12-5-3-4-6-13(12)23-2/h3-6,11,14H,7-10H2,1-2H3,(H,19,20)(H,21,22). The van der Waals surface area contributed by atoms with Gasteiger partial charge in [-0.05, 0) is 37.7 Å². The summed E-state index contributed by atoms with van der Waals surface area (Å²) in [6.45, 7) is 2.09. The van der Waals surface area contributed by atoms with Crippen LogP contribution in [0.25, 0.3) is 0 Å². The summed E-state index contributed by atoms with van der Waals surface area (Å²) in [7, 11) is 1.50. The van der Waals surface area contributed by atoms with E-state index in [1.165, 1.54) is 7.11 Å². The first-order chi connectivity index (χ1) is 10.9. The topological polar surface area (TPSA) is 75.6 Å². The van der Waals surface area contributed by atoms with Crippen LogP contribution >= 0.6 is 11.6 Å². The highest BCUT2D eigenvalue weighted by Crippen LogP contribution is 2.35. The van der Waals surface area contributed by atoms with Crippen LogP contribution in [0.4, 0.5) is 0 Å².